The highest BCUT2D eigenvalue weighted by Gasteiger charge is 2.15. The number of aryl methyl sites for hydroxylation is 1. The molecule has 2 aromatic carbocycles. The first kappa shape index (κ1) is 16.9. The van der Waals surface area contributed by atoms with E-state index in [1.807, 2.05) is 61.5 Å². The van der Waals surface area contributed by atoms with Crippen LogP contribution in [0.2, 0.25) is 0 Å². The molecule has 5 nitrogen and oxygen atoms in total. The quantitative estimate of drug-likeness (QED) is 0.712. The van der Waals surface area contributed by atoms with Crippen LogP contribution in [0.5, 0.6) is 0 Å². The summed E-state index contributed by atoms with van der Waals surface area (Å²) < 4.78 is 1.64. The Morgan fingerprint density at radius 2 is 1.68 bits per heavy atom. The van der Waals surface area contributed by atoms with Gasteiger partial charge in [0.2, 0.25) is 11.8 Å². The average molecular weight is 335 g/mol. The normalized spacial score (nSPS) is 10.8. The number of anilines is 1. The van der Waals surface area contributed by atoms with Crippen molar-refractivity contribution in [3.8, 4) is 0 Å². The fourth-order valence-electron chi connectivity index (χ4n) is 2.93. The van der Waals surface area contributed by atoms with Gasteiger partial charge >= 0.3 is 0 Å². The van der Waals surface area contributed by atoms with Crippen LogP contribution < -0.4 is 4.90 Å². The van der Waals surface area contributed by atoms with Crippen LogP contribution in [-0.2, 0) is 4.79 Å². The molecule has 0 atom stereocenters. The molecule has 3 rings (SSSR count). The molecule has 0 bridgehead atoms. The second-order valence-corrected chi connectivity index (χ2v) is 6.02. The van der Waals surface area contributed by atoms with E-state index in [1.165, 1.54) is 0 Å². The molecule has 25 heavy (non-hydrogen) atoms. The summed E-state index contributed by atoms with van der Waals surface area (Å²) in [6, 6.07) is 17.1. The number of carbonyl (C=O) groups excluding carboxylic acids is 2. The maximum absolute atomic E-state index is 12.6. The zero-order chi connectivity index (χ0) is 17.8. The molecule has 0 spiro atoms. The van der Waals surface area contributed by atoms with Gasteiger partial charge in [0.1, 0.15) is 5.82 Å². The van der Waals surface area contributed by atoms with E-state index in [-0.39, 0.29) is 11.8 Å². The summed E-state index contributed by atoms with van der Waals surface area (Å²) in [5, 5.41) is 0. The van der Waals surface area contributed by atoms with Gasteiger partial charge in [-0.1, -0.05) is 30.3 Å². The van der Waals surface area contributed by atoms with Gasteiger partial charge < -0.3 is 4.90 Å². The fraction of sp³-hybridized carbons (Fsp3) is 0.250. The number of fused-ring (bicyclic) bond motifs is 1. The number of aromatic nitrogens is 2. The molecular weight excluding hydrogens is 314 g/mol. The number of hydrogen-bond donors (Lipinski definition) is 0. The maximum atomic E-state index is 12.6. The second kappa shape index (κ2) is 7.30. The number of nitrogens with zero attached hydrogens (tertiary/aromatic N) is 3. The Bertz CT molecular complexity index is 900. The number of carbonyl (C=O) groups is 2. The molecule has 1 heterocycles. The monoisotopic (exact) mass is 335 g/mol. The van der Waals surface area contributed by atoms with Crippen molar-refractivity contribution in [2.75, 3.05) is 11.9 Å². The van der Waals surface area contributed by atoms with Gasteiger partial charge in [0.25, 0.3) is 0 Å². The highest BCUT2D eigenvalue weighted by Crippen LogP contribution is 2.17. The highest BCUT2D eigenvalue weighted by atomic mass is 16.2. The minimum atomic E-state index is -0.0265. The standard InChI is InChI=1S/C20H21N3O2/c1-15-21-17-11-6-7-12-18(17)23(15)20(25)14-8-13-19(24)22(2)16-9-4-3-5-10-16/h3-7,9-12H,8,13-14H2,1-2H3. The molecule has 0 aliphatic rings. The van der Waals surface area contributed by atoms with E-state index >= 15 is 0 Å². The Labute approximate surface area is 146 Å². The first-order valence-electron chi connectivity index (χ1n) is 8.37. The summed E-state index contributed by atoms with van der Waals surface area (Å²) in [4.78, 5) is 30.9. The summed E-state index contributed by atoms with van der Waals surface area (Å²) in [5.41, 5.74) is 2.49. The molecule has 0 aliphatic carbocycles. The van der Waals surface area contributed by atoms with E-state index in [4.69, 9.17) is 0 Å². The number of imidazole rings is 1. The van der Waals surface area contributed by atoms with E-state index in [2.05, 4.69) is 4.98 Å². The number of rotatable bonds is 5. The van der Waals surface area contributed by atoms with Crippen molar-refractivity contribution >= 4 is 28.5 Å². The number of amides is 1. The van der Waals surface area contributed by atoms with Crippen LogP contribution in [-0.4, -0.2) is 28.4 Å². The van der Waals surface area contributed by atoms with Crippen molar-refractivity contribution in [3.05, 3.63) is 60.4 Å². The first-order chi connectivity index (χ1) is 12.1. The molecule has 1 amide bonds. The lowest BCUT2D eigenvalue weighted by molar-refractivity contribution is -0.118. The van der Waals surface area contributed by atoms with E-state index in [1.54, 1.807) is 16.5 Å². The number of hydrogen-bond acceptors (Lipinski definition) is 3. The van der Waals surface area contributed by atoms with Crippen molar-refractivity contribution in [1.82, 2.24) is 9.55 Å². The summed E-state index contributed by atoms with van der Waals surface area (Å²) >= 11 is 0. The van der Waals surface area contributed by atoms with E-state index < -0.39 is 0 Å². The smallest absolute Gasteiger partial charge is 0.232 e. The molecule has 0 unspecified atom stereocenters. The van der Waals surface area contributed by atoms with Crippen LogP contribution in [0.1, 0.15) is 29.9 Å². The SMILES string of the molecule is Cc1nc2ccccc2n1C(=O)CCCC(=O)N(C)c1ccccc1. The fourth-order valence-corrected chi connectivity index (χ4v) is 2.93. The summed E-state index contributed by atoms with van der Waals surface area (Å²) in [5.74, 6) is 0.659. The Hall–Kier alpha value is -2.95. The van der Waals surface area contributed by atoms with Gasteiger partial charge in [0, 0.05) is 25.6 Å². The second-order valence-electron chi connectivity index (χ2n) is 6.02. The van der Waals surface area contributed by atoms with Crippen LogP contribution in [0.4, 0.5) is 5.69 Å². The van der Waals surface area contributed by atoms with Gasteiger partial charge in [-0.25, -0.2) is 4.98 Å². The Morgan fingerprint density at radius 3 is 2.44 bits per heavy atom. The lowest BCUT2D eigenvalue weighted by atomic mass is 10.2. The zero-order valence-corrected chi connectivity index (χ0v) is 14.5. The summed E-state index contributed by atoms with van der Waals surface area (Å²) in [6.45, 7) is 1.83. The first-order valence-corrected chi connectivity index (χ1v) is 8.37. The van der Waals surface area contributed by atoms with Crippen molar-refractivity contribution in [1.29, 1.82) is 0 Å². The molecule has 128 valence electrons. The molecule has 1 aromatic heterocycles. The van der Waals surface area contributed by atoms with Crippen molar-refractivity contribution < 1.29 is 9.59 Å². The molecule has 0 saturated carbocycles. The van der Waals surface area contributed by atoms with Crippen LogP contribution in [0.3, 0.4) is 0 Å². The Morgan fingerprint density at radius 1 is 1.00 bits per heavy atom. The Balaban J connectivity index is 1.61. The zero-order valence-electron chi connectivity index (χ0n) is 14.5. The number of para-hydroxylation sites is 3. The number of benzene rings is 2. The highest BCUT2D eigenvalue weighted by molar-refractivity contribution is 5.94. The van der Waals surface area contributed by atoms with Crippen molar-refractivity contribution in [2.45, 2.75) is 26.2 Å². The third kappa shape index (κ3) is 3.60. The van der Waals surface area contributed by atoms with Gasteiger partial charge in [0.15, 0.2) is 0 Å². The van der Waals surface area contributed by atoms with Crippen LogP contribution in [0, 0.1) is 6.92 Å². The molecule has 0 N–H and O–H groups in total. The van der Waals surface area contributed by atoms with E-state index in [0.717, 1.165) is 16.7 Å². The lowest BCUT2D eigenvalue weighted by Crippen LogP contribution is -2.26. The molecule has 0 aliphatic heterocycles. The predicted octanol–water partition coefficient (Wildman–Crippen LogP) is 3.82. The molecule has 0 saturated heterocycles. The van der Waals surface area contributed by atoms with Gasteiger partial charge in [-0.05, 0) is 37.6 Å². The van der Waals surface area contributed by atoms with Crippen LogP contribution in [0.25, 0.3) is 11.0 Å². The van der Waals surface area contributed by atoms with Crippen molar-refractivity contribution in [2.24, 2.45) is 0 Å². The van der Waals surface area contributed by atoms with Gasteiger partial charge in [0.05, 0.1) is 11.0 Å². The Kier molecular flexibility index (Phi) is 4.93. The average Bonchev–Trinajstić information content (AvgIpc) is 2.97. The van der Waals surface area contributed by atoms with Crippen LogP contribution >= 0.6 is 0 Å². The van der Waals surface area contributed by atoms with Gasteiger partial charge in [-0.3, -0.25) is 14.2 Å². The van der Waals surface area contributed by atoms with Gasteiger partial charge in [-0.15, -0.1) is 0 Å². The maximum Gasteiger partial charge on any atom is 0.232 e. The largest absolute Gasteiger partial charge is 0.316 e. The third-order valence-corrected chi connectivity index (χ3v) is 4.28. The van der Waals surface area contributed by atoms with E-state index in [0.29, 0.717) is 25.1 Å². The summed E-state index contributed by atoms with van der Waals surface area (Å²) in [7, 11) is 1.76. The van der Waals surface area contributed by atoms with Gasteiger partial charge in [-0.2, -0.15) is 0 Å². The minimum absolute atomic E-state index is 0.00575. The topological polar surface area (TPSA) is 55.2 Å². The predicted molar refractivity (Wildman–Crippen MR) is 98.8 cm³/mol. The van der Waals surface area contributed by atoms with Crippen LogP contribution in [0.15, 0.2) is 54.6 Å². The molecule has 0 fully saturated rings. The molecule has 5 heteroatoms. The minimum Gasteiger partial charge on any atom is -0.316 e. The molecule has 0 radical (unpaired) electrons. The third-order valence-electron chi connectivity index (χ3n) is 4.28. The van der Waals surface area contributed by atoms with E-state index in [9.17, 15) is 9.59 Å². The molecular formula is C20H21N3O2. The molecule has 3 aromatic rings. The summed E-state index contributed by atoms with van der Waals surface area (Å²) in [6.07, 6.45) is 1.17. The van der Waals surface area contributed by atoms with Crippen molar-refractivity contribution in [3.63, 3.8) is 0 Å². The lowest BCUT2D eigenvalue weighted by Gasteiger charge is -2.17.